The number of carboxylic acid groups (broad SMARTS) is 1. The third-order valence-corrected chi connectivity index (χ3v) is 7.59. The van der Waals surface area contributed by atoms with Crippen LogP contribution in [-0.4, -0.2) is 11.1 Å². The first kappa shape index (κ1) is 21.9. The Morgan fingerprint density at radius 2 is 1.55 bits per heavy atom. The van der Waals surface area contributed by atoms with Crippen LogP contribution in [0.25, 0.3) is 11.6 Å². The van der Waals surface area contributed by atoms with Crippen LogP contribution in [0.15, 0.2) is 54.1 Å². The van der Waals surface area contributed by atoms with Gasteiger partial charge in [0.05, 0.1) is 5.56 Å². The van der Waals surface area contributed by atoms with Crippen LogP contribution in [0.5, 0.6) is 0 Å². The molecule has 2 aromatic carbocycles. The molecule has 0 aromatic heterocycles. The van der Waals surface area contributed by atoms with Crippen LogP contribution in [-0.2, 0) is 19.3 Å². The second-order valence-electron chi connectivity index (χ2n) is 9.86. The van der Waals surface area contributed by atoms with Crippen LogP contribution in [0.2, 0.25) is 0 Å². The third kappa shape index (κ3) is 4.90. The van der Waals surface area contributed by atoms with Crippen molar-refractivity contribution >= 4 is 17.6 Å². The van der Waals surface area contributed by atoms with E-state index in [9.17, 15) is 9.90 Å². The molecule has 33 heavy (non-hydrogen) atoms. The Hall–Kier alpha value is -2.87. The predicted octanol–water partition coefficient (Wildman–Crippen LogP) is 7.94. The summed E-state index contributed by atoms with van der Waals surface area (Å²) in [7, 11) is 0. The number of allylic oxidation sites excluding steroid dienone is 5. The van der Waals surface area contributed by atoms with Crippen molar-refractivity contribution < 1.29 is 9.90 Å². The Bertz CT molecular complexity index is 1150. The maximum absolute atomic E-state index is 12.1. The van der Waals surface area contributed by atoms with Gasteiger partial charge in [0.25, 0.3) is 0 Å². The SMILES string of the molecule is O=C(O)c1ccc2cc1Cc1ccc3c(c1CCCCCCCCCC1=CCC2=C1)C=CC3. The minimum atomic E-state index is -0.833. The molecular weight excluding hydrogens is 404 g/mol. The smallest absolute Gasteiger partial charge is 0.335 e. The van der Waals surface area contributed by atoms with Crippen LogP contribution in [0.1, 0.15) is 102 Å². The summed E-state index contributed by atoms with van der Waals surface area (Å²) >= 11 is 0. The zero-order valence-corrected chi connectivity index (χ0v) is 19.5. The number of benzene rings is 2. The quantitative estimate of drug-likeness (QED) is 0.491. The fraction of sp³-hybridized carbons (Fsp3) is 0.387. The summed E-state index contributed by atoms with van der Waals surface area (Å²) in [5.74, 6) is -0.833. The van der Waals surface area contributed by atoms with Crippen molar-refractivity contribution in [2.75, 3.05) is 0 Å². The predicted molar refractivity (Wildman–Crippen MR) is 137 cm³/mol. The molecule has 0 unspecified atom stereocenters. The Morgan fingerprint density at radius 1 is 0.788 bits per heavy atom. The van der Waals surface area contributed by atoms with Crippen molar-refractivity contribution in [1.29, 1.82) is 0 Å². The highest BCUT2D eigenvalue weighted by Gasteiger charge is 2.19. The molecule has 0 spiro atoms. The monoisotopic (exact) mass is 438 g/mol. The van der Waals surface area contributed by atoms with Crippen molar-refractivity contribution in [1.82, 2.24) is 0 Å². The first-order valence-corrected chi connectivity index (χ1v) is 12.8. The molecule has 170 valence electrons. The lowest BCUT2D eigenvalue weighted by molar-refractivity contribution is 0.0696. The molecule has 2 aromatic rings. The van der Waals surface area contributed by atoms with E-state index < -0.39 is 5.97 Å². The van der Waals surface area contributed by atoms with Crippen molar-refractivity contribution in [3.05, 3.63) is 93.1 Å². The minimum Gasteiger partial charge on any atom is -0.478 e. The van der Waals surface area contributed by atoms with Gasteiger partial charge in [-0.1, -0.05) is 86.2 Å². The number of aromatic carboxylic acids is 1. The van der Waals surface area contributed by atoms with Crippen molar-refractivity contribution in [2.45, 2.75) is 77.0 Å². The molecule has 5 rings (SSSR count). The van der Waals surface area contributed by atoms with Crippen molar-refractivity contribution in [3.8, 4) is 0 Å². The zero-order valence-electron chi connectivity index (χ0n) is 19.5. The molecule has 3 aliphatic rings. The molecule has 0 aliphatic heterocycles. The van der Waals surface area contributed by atoms with Crippen LogP contribution < -0.4 is 0 Å². The fourth-order valence-corrected chi connectivity index (χ4v) is 5.73. The molecule has 1 N–H and O–H groups in total. The number of carbonyl (C=O) groups is 1. The Labute approximate surface area is 197 Å². The van der Waals surface area contributed by atoms with Gasteiger partial charge in [0.15, 0.2) is 0 Å². The average Bonchev–Trinajstić information content (AvgIpc) is 3.48. The summed E-state index contributed by atoms with van der Waals surface area (Å²) < 4.78 is 0. The lowest BCUT2D eigenvalue weighted by atomic mass is 9.88. The van der Waals surface area contributed by atoms with Crippen LogP contribution in [0, 0.1) is 0 Å². The fourth-order valence-electron chi connectivity index (χ4n) is 5.73. The number of fused-ring (bicyclic) bond motifs is 7. The highest BCUT2D eigenvalue weighted by atomic mass is 16.4. The molecule has 0 radical (unpaired) electrons. The lowest BCUT2D eigenvalue weighted by Gasteiger charge is -2.17. The Morgan fingerprint density at radius 3 is 2.36 bits per heavy atom. The van der Waals surface area contributed by atoms with Gasteiger partial charge >= 0.3 is 5.97 Å². The average molecular weight is 439 g/mol. The van der Waals surface area contributed by atoms with Crippen LogP contribution in [0.3, 0.4) is 0 Å². The molecule has 0 amide bonds. The first-order chi connectivity index (χ1) is 16.2. The molecule has 3 aliphatic carbocycles. The van der Waals surface area contributed by atoms with Gasteiger partial charge in [0.2, 0.25) is 0 Å². The summed E-state index contributed by atoms with van der Waals surface area (Å²) in [5.41, 5.74) is 10.8. The van der Waals surface area contributed by atoms with Gasteiger partial charge in [0.1, 0.15) is 0 Å². The molecule has 4 bridgehead atoms. The molecular formula is C31H34O2. The Balaban J connectivity index is 1.54. The molecule has 0 fully saturated rings. The number of hydrogen-bond donors (Lipinski definition) is 1. The van der Waals surface area contributed by atoms with E-state index in [4.69, 9.17) is 0 Å². The summed E-state index contributed by atoms with van der Waals surface area (Å²) in [4.78, 5) is 12.1. The van der Waals surface area contributed by atoms with E-state index in [0.717, 1.165) is 31.2 Å². The second kappa shape index (κ2) is 9.95. The molecule has 2 nitrogen and oxygen atoms in total. The maximum Gasteiger partial charge on any atom is 0.335 e. The first-order valence-electron chi connectivity index (χ1n) is 12.8. The summed E-state index contributed by atoms with van der Waals surface area (Å²) in [6.07, 6.45) is 23.2. The van der Waals surface area contributed by atoms with E-state index in [-0.39, 0.29) is 0 Å². The van der Waals surface area contributed by atoms with E-state index in [1.54, 1.807) is 0 Å². The van der Waals surface area contributed by atoms with Crippen molar-refractivity contribution in [3.63, 3.8) is 0 Å². The zero-order chi connectivity index (χ0) is 22.6. The van der Waals surface area contributed by atoms with Gasteiger partial charge in [0, 0.05) is 0 Å². The Kier molecular flexibility index (Phi) is 6.62. The number of rotatable bonds is 1. The summed E-state index contributed by atoms with van der Waals surface area (Å²) in [6, 6.07) is 10.5. The van der Waals surface area contributed by atoms with Crippen LogP contribution in [0.4, 0.5) is 0 Å². The highest BCUT2D eigenvalue weighted by Crippen LogP contribution is 2.33. The van der Waals surface area contributed by atoms with E-state index in [1.807, 2.05) is 12.1 Å². The van der Waals surface area contributed by atoms with Gasteiger partial charge in [-0.05, 0) is 90.0 Å². The van der Waals surface area contributed by atoms with E-state index in [2.05, 4.69) is 42.5 Å². The normalized spacial score (nSPS) is 18.5. The lowest BCUT2D eigenvalue weighted by Crippen LogP contribution is -2.07. The standard InChI is InChI=1S/C31H34O2/c32-31(33)30-18-17-25-20-27(30)21-26-16-15-23-10-8-12-28(23)29(26)11-7-5-3-1-2-4-6-9-22-13-14-24(25)19-22/h8,12-13,15-20H,1-7,9-11,14,21H2,(H,32,33). The second-order valence-corrected chi connectivity index (χ2v) is 9.86. The molecule has 0 atom stereocenters. The van der Waals surface area contributed by atoms with Gasteiger partial charge < -0.3 is 5.11 Å². The summed E-state index contributed by atoms with van der Waals surface area (Å²) in [5, 5.41) is 9.91. The van der Waals surface area contributed by atoms with Gasteiger partial charge in [-0.2, -0.15) is 0 Å². The van der Waals surface area contributed by atoms with Crippen molar-refractivity contribution in [2.24, 2.45) is 0 Å². The highest BCUT2D eigenvalue weighted by molar-refractivity contribution is 5.90. The van der Waals surface area contributed by atoms with E-state index in [0.29, 0.717) is 12.0 Å². The molecule has 0 saturated heterocycles. The van der Waals surface area contributed by atoms with Crippen LogP contribution >= 0.6 is 0 Å². The molecule has 0 heterocycles. The number of carboxylic acids is 1. The van der Waals surface area contributed by atoms with Gasteiger partial charge in [-0.3, -0.25) is 0 Å². The van der Waals surface area contributed by atoms with E-state index in [1.165, 1.54) is 83.9 Å². The minimum absolute atomic E-state index is 0.432. The van der Waals surface area contributed by atoms with E-state index >= 15 is 0 Å². The maximum atomic E-state index is 12.1. The largest absolute Gasteiger partial charge is 0.478 e. The topological polar surface area (TPSA) is 37.3 Å². The third-order valence-electron chi connectivity index (χ3n) is 7.59. The van der Waals surface area contributed by atoms with Gasteiger partial charge in [-0.15, -0.1) is 0 Å². The van der Waals surface area contributed by atoms with Gasteiger partial charge in [-0.25, -0.2) is 4.79 Å². The molecule has 0 saturated carbocycles. The summed E-state index contributed by atoms with van der Waals surface area (Å²) in [6.45, 7) is 0. The number of hydrogen-bond acceptors (Lipinski definition) is 1. The molecule has 2 heteroatoms.